The van der Waals surface area contributed by atoms with Crippen molar-refractivity contribution in [3.8, 4) is 11.3 Å². The number of urea groups is 1. The number of rotatable bonds is 3. The van der Waals surface area contributed by atoms with Crippen molar-refractivity contribution in [1.82, 2.24) is 4.98 Å². The number of aromatic amines is 1. The summed E-state index contributed by atoms with van der Waals surface area (Å²) in [5, 5.41) is 7.54. The maximum Gasteiger partial charge on any atom is 0.323 e. The molecule has 0 aliphatic heterocycles. The Morgan fingerprint density at radius 1 is 0.889 bits per heavy atom. The molecule has 0 aliphatic carbocycles. The van der Waals surface area contributed by atoms with Crippen LogP contribution in [0.2, 0.25) is 5.02 Å². The minimum absolute atomic E-state index is 0.288. The van der Waals surface area contributed by atoms with Crippen LogP contribution >= 0.6 is 11.6 Å². The van der Waals surface area contributed by atoms with Gasteiger partial charge in [-0.25, -0.2) is 4.79 Å². The molecule has 0 fully saturated rings. The lowest BCUT2D eigenvalue weighted by atomic mass is 10.1. The lowest BCUT2D eigenvalue weighted by molar-refractivity contribution is 0.262. The van der Waals surface area contributed by atoms with Gasteiger partial charge in [-0.2, -0.15) is 0 Å². The fraction of sp³-hybridized carbons (Fsp3) is 0.0455. The van der Waals surface area contributed by atoms with Gasteiger partial charge in [0.1, 0.15) is 0 Å². The van der Waals surface area contributed by atoms with Gasteiger partial charge < -0.3 is 15.6 Å². The van der Waals surface area contributed by atoms with Crippen molar-refractivity contribution in [2.24, 2.45) is 0 Å². The number of benzene rings is 3. The maximum absolute atomic E-state index is 12.7. The number of fused-ring (bicyclic) bond motifs is 1. The van der Waals surface area contributed by atoms with Gasteiger partial charge in [-0.15, -0.1) is 0 Å². The second kappa shape index (κ2) is 7.17. The molecule has 3 aromatic carbocycles. The highest BCUT2D eigenvalue weighted by molar-refractivity contribution is 6.30. The summed E-state index contributed by atoms with van der Waals surface area (Å²) in [6.45, 7) is 1.96. The van der Waals surface area contributed by atoms with Gasteiger partial charge in [0, 0.05) is 27.2 Å². The summed E-state index contributed by atoms with van der Waals surface area (Å²) in [7, 11) is 0. The zero-order valence-electron chi connectivity index (χ0n) is 14.7. The van der Waals surface area contributed by atoms with E-state index in [-0.39, 0.29) is 6.03 Å². The Morgan fingerprint density at radius 3 is 2.37 bits per heavy atom. The third-order valence-corrected chi connectivity index (χ3v) is 4.72. The molecule has 4 nitrogen and oxygen atoms in total. The molecule has 0 aliphatic rings. The van der Waals surface area contributed by atoms with E-state index in [1.54, 1.807) is 0 Å². The zero-order valence-corrected chi connectivity index (χ0v) is 15.5. The first-order valence-electron chi connectivity index (χ1n) is 8.62. The molecule has 27 heavy (non-hydrogen) atoms. The first-order chi connectivity index (χ1) is 13.1. The molecule has 2 amide bonds. The topological polar surface area (TPSA) is 56.9 Å². The quantitative estimate of drug-likeness (QED) is 0.379. The second-order valence-electron chi connectivity index (χ2n) is 6.32. The smallest absolute Gasteiger partial charge is 0.323 e. The van der Waals surface area contributed by atoms with Crippen LogP contribution in [0.15, 0.2) is 72.8 Å². The standard InChI is InChI=1S/C22H18ClN3O/c1-14-6-2-4-8-18(14)25-22(27)26-21-17-7-3-5-9-19(17)24-20(21)15-10-12-16(23)13-11-15/h2-13,24H,1H3,(H2,25,26,27). The van der Waals surface area contributed by atoms with Crippen LogP contribution in [-0.2, 0) is 0 Å². The Hall–Kier alpha value is -3.24. The maximum atomic E-state index is 12.7. The summed E-state index contributed by atoms with van der Waals surface area (Å²) in [6, 6.07) is 22.8. The molecule has 4 rings (SSSR count). The molecule has 0 spiro atoms. The SMILES string of the molecule is Cc1ccccc1NC(=O)Nc1c(-c2ccc(Cl)cc2)[nH]c2ccccc12. The van der Waals surface area contributed by atoms with E-state index in [0.717, 1.165) is 39.1 Å². The van der Waals surface area contributed by atoms with Crippen LogP contribution < -0.4 is 10.6 Å². The van der Waals surface area contributed by atoms with Gasteiger partial charge in [0.25, 0.3) is 0 Å². The lowest BCUT2D eigenvalue weighted by Crippen LogP contribution is -2.20. The Morgan fingerprint density at radius 2 is 1.59 bits per heavy atom. The number of nitrogens with one attached hydrogen (secondary N) is 3. The van der Waals surface area contributed by atoms with Gasteiger partial charge in [0.05, 0.1) is 11.4 Å². The van der Waals surface area contributed by atoms with Crippen LogP contribution in [-0.4, -0.2) is 11.0 Å². The molecule has 0 atom stereocenters. The predicted molar refractivity (Wildman–Crippen MR) is 113 cm³/mol. The largest absolute Gasteiger partial charge is 0.353 e. The molecule has 0 unspecified atom stereocenters. The molecule has 4 aromatic rings. The number of aryl methyl sites for hydroxylation is 1. The summed E-state index contributed by atoms with van der Waals surface area (Å²) in [5.74, 6) is 0. The third kappa shape index (κ3) is 3.52. The van der Waals surface area contributed by atoms with E-state index < -0.39 is 0 Å². The van der Waals surface area contributed by atoms with Crippen molar-refractivity contribution < 1.29 is 4.79 Å². The summed E-state index contributed by atoms with van der Waals surface area (Å²) in [6.07, 6.45) is 0. The van der Waals surface area contributed by atoms with E-state index in [0.29, 0.717) is 5.02 Å². The third-order valence-electron chi connectivity index (χ3n) is 4.47. The molecule has 5 heteroatoms. The van der Waals surface area contributed by atoms with Gasteiger partial charge in [-0.3, -0.25) is 0 Å². The Bertz CT molecular complexity index is 1120. The number of para-hydroxylation sites is 2. The molecule has 134 valence electrons. The summed E-state index contributed by atoms with van der Waals surface area (Å²) < 4.78 is 0. The molecule has 0 saturated carbocycles. The van der Waals surface area contributed by atoms with Crippen LogP contribution in [0.1, 0.15) is 5.56 Å². The normalized spacial score (nSPS) is 10.7. The van der Waals surface area contributed by atoms with Crippen LogP contribution in [0.5, 0.6) is 0 Å². The lowest BCUT2D eigenvalue weighted by Gasteiger charge is -2.11. The number of hydrogen-bond acceptors (Lipinski definition) is 1. The van der Waals surface area contributed by atoms with Crippen molar-refractivity contribution in [2.45, 2.75) is 6.92 Å². The highest BCUT2D eigenvalue weighted by Crippen LogP contribution is 2.35. The van der Waals surface area contributed by atoms with Crippen molar-refractivity contribution in [3.05, 3.63) is 83.4 Å². The number of hydrogen-bond donors (Lipinski definition) is 3. The van der Waals surface area contributed by atoms with E-state index in [9.17, 15) is 4.79 Å². The number of H-pyrrole nitrogens is 1. The molecule has 0 saturated heterocycles. The summed E-state index contributed by atoms with van der Waals surface area (Å²) in [4.78, 5) is 16.1. The minimum Gasteiger partial charge on any atom is -0.353 e. The van der Waals surface area contributed by atoms with Gasteiger partial charge in [0.15, 0.2) is 0 Å². The average molecular weight is 376 g/mol. The van der Waals surface area contributed by atoms with E-state index in [1.165, 1.54) is 0 Å². The molecule has 3 N–H and O–H groups in total. The fourth-order valence-electron chi connectivity index (χ4n) is 3.09. The van der Waals surface area contributed by atoms with Gasteiger partial charge in [-0.05, 0) is 36.8 Å². The van der Waals surface area contributed by atoms with E-state index in [4.69, 9.17) is 11.6 Å². The highest BCUT2D eigenvalue weighted by atomic mass is 35.5. The van der Waals surface area contributed by atoms with Crippen LogP contribution in [0.25, 0.3) is 22.2 Å². The second-order valence-corrected chi connectivity index (χ2v) is 6.76. The summed E-state index contributed by atoms with van der Waals surface area (Å²) >= 11 is 6.02. The average Bonchev–Trinajstić information content (AvgIpc) is 3.03. The first-order valence-corrected chi connectivity index (χ1v) is 9.00. The van der Waals surface area contributed by atoms with Crippen molar-refractivity contribution >= 4 is 39.9 Å². The number of amides is 2. The number of carbonyl (C=O) groups excluding carboxylic acids is 1. The Labute approximate surface area is 162 Å². The van der Waals surface area contributed by atoms with Crippen LogP contribution in [0, 0.1) is 6.92 Å². The predicted octanol–water partition coefficient (Wildman–Crippen LogP) is 6.44. The number of halogens is 1. The number of carbonyl (C=O) groups is 1. The van der Waals surface area contributed by atoms with Gasteiger partial charge >= 0.3 is 6.03 Å². The van der Waals surface area contributed by atoms with E-state index in [1.807, 2.05) is 79.7 Å². The van der Waals surface area contributed by atoms with Crippen molar-refractivity contribution in [1.29, 1.82) is 0 Å². The molecule has 0 bridgehead atoms. The Balaban J connectivity index is 1.71. The molecule has 0 radical (unpaired) electrons. The van der Waals surface area contributed by atoms with Gasteiger partial charge in [-0.1, -0.05) is 60.1 Å². The number of anilines is 2. The monoisotopic (exact) mass is 375 g/mol. The summed E-state index contributed by atoms with van der Waals surface area (Å²) in [5.41, 5.74) is 5.26. The molecule has 1 aromatic heterocycles. The van der Waals surface area contributed by atoms with E-state index >= 15 is 0 Å². The first kappa shape index (κ1) is 17.2. The zero-order chi connectivity index (χ0) is 18.8. The minimum atomic E-state index is -0.288. The number of aromatic nitrogens is 1. The molecular weight excluding hydrogens is 358 g/mol. The van der Waals surface area contributed by atoms with Gasteiger partial charge in [0.2, 0.25) is 0 Å². The van der Waals surface area contributed by atoms with Crippen LogP contribution in [0.3, 0.4) is 0 Å². The van der Waals surface area contributed by atoms with Crippen molar-refractivity contribution in [3.63, 3.8) is 0 Å². The molecule has 1 heterocycles. The Kier molecular flexibility index (Phi) is 4.57. The highest BCUT2D eigenvalue weighted by Gasteiger charge is 2.16. The molecular formula is C22H18ClN3O. The van der Waals surface area contributed by atoms with Crippen LogP contribution in [0.4, 0.5) is 16.2 Å². The fourth-order valence-corrected chi connectivity index (χ4v) is 3.21. The van der Waals surface area contributed by atoms with Crippen molar-refractivity contribution in [2.75, 3.05) is 10.6 Å². The van der Waals surface area contributed by atoms with E-state index in [2.05, 4.69) is 15.6 Å².